The van der Waals surface area contributed by atoms with E-state index >= 15 is 0 Å². The number of hydrogen-bond acceptors (Lipinski definition) is 5. The molecule has 2 N–H and O–H groups in total. The number of hydrogen-bond donors (Lipinski definition) is 2. The summed E-state index contributed by atoms with van der Waals surface area (Å²) in [7, 11) is 1.57. The lowest BCUT2D eigenvalue weighted by molar-refractivity contribution is -0.122. The Balaban J connectivity index is 1.24. The SMILES string of the molecule is COc1ccccc1N1CC(C(=O)Nc2ccc(-c3n[nH]c(C4CC4)n3)cc2)CC1=O. The third-order valence-electron chi connectivity index (χ3n) is 5.75. The number of benzene rings is 2. The topological polar surface area (TPSA) is 100 Å². The average Bonchev–Trinajstić information content (AvgIpc) is 3.39. The molecule has 3 aromatic rings. The second kappa shape index (κ2) is 7.86. The lowest BCUT2D eigenvalue weighted by Crippen LogP contribution is -2.28. The molecule has 1 aliphatic heterocycles. The molecule has 0 radical (unpaired) electrons. The number of H-pyrrole nitrogens is 1. The molecule has 31 heavy (non-hydrogen) atoms. The molecule has 1 aromatic heterocycles. The maximum atomic E-state index is 12.8. The van der Waals surface area contributed by atoms with Crippen LogP contribution in [0.15, 0.2) is 48.5 Å². The Morgan fingerprint density at radius 3 is 2.68 bits per heavy atom. The van der Waals surface area contributed by atoms with Crippen LogP contribution >= 0.6 is 0 Å². The number of anilines is 2. The van der Waals surface area contributed by atoms with E-state index in [9.17, 15) is 9.59 Å². The summed E-state index contributed by atoms with van der Waals surface area (Å²) in [6.45, 7) is 0.324. The van der Waals surface area contributed by atoms with E-state index in [1.165, 1.54) is 0 Å². The lowest BCUT2D eigenvalue weighted by Gasteiger charge is -2.19. The molecule has 1 aliphatic carbocycles. The van der Waals surface area contributed by atoms with Crippen LogP contribution in [0.25, 0.3) is 11.4 Å². The van der Waals surface area contributed by atoms with Gasteiger partial charge in [0.1, 0.15) is 11.6 Å². The highest BCUT2D eigenvalue weighted by Crippen LogP contribution is 2.38. The average molecular weight is 417 g/mol. The normalized spacial score (nSPS) is 18.3. The van der Waals surface area contributed by atoms with Crippen molar-refractivity contribution in [3.63, 3.8) is 0 Å². The smallest absolute Gasteiger partial charge is 0.229 e. The van der Waals surface area contributed by atoms with Gasteiger partial charge in [-0.3, -0.25) is 14.7 Å². The fourth-order valence-corrected chi connectivity index (χ4v) is 3.86. The number of rotatable bonds is 6. The van der Waals surface area contributed by atoms with Crippen LogP contribution in [-0.2, 0) is 9.59 Å². The van der Waals surface area contributed by atoms with Crippen LogP contribution in [0.3, 0.4) is 0 Å². The minimum absolute atomic E-state index is 0.0870. The van der Waals surface area contributed by atoms with Crippen LogP contribution in [0.2, 0.25) is 0 Å². The monoisotopic (exact) mass is 417 g/mol. The first-order chi connectivity index (χ1) is 15.1. The summed E-state index contributed by atoms with van der Waals surface area (Å²) >= 11 is 0. The summed E-state index contributed by atoms with van der Waals surface area (Å²) in [5, 5.41) is 10.2. The van der Waals surface area contributed by atoms with Crippen molar-refractivity contribution in [2.45, 2.75) is 25.2 Å². The molecule has 8 heteroatoms. The molecule has 1 unspecified atom stereocenters. The van der Waals surface area contributed by atoms with Crippen LogP contribution in [0.4, 0.5) is 11.4 Å². The van der Waals surface area contributed by atoms with Crippen molar-refractivity contribution in [2.75, 3.05) is 23.9 Å². The number of aromatic nitrogens is 3. The molecule has 158 valence electrons. The van der Waals surface area contributed by atoms with Gasteiger partial charge in [-0.1, -0.05) is 12.1 Å². The van der Waals surface area contributed by atoms with Gasteiger partial charge in [-0.25, -0.2) is 4.98 Å². The van der Waals surface area contributed by atoms with E-state index < -0.39 is 5.92 Å². The number of aromatic amines is 1. The molecule has 8 nitrogen and oxygen atoms in total. The van der Waals surface area contributed by atoms with E-state index in [2.05, 4.69) is 20.5 Å². The van der Waals surface area contributed by atoms with Crippen molar-refractivity contribution < 1.29 is 14.3 Å². The first-order valence-electron chi connectivity index (χ1n) is 10.4. The van der Waals surface area contributed by atoms with Crippen LogP contribution in [0, 0.1) is 5.92 Å². The van der Waals surface area contributed by atoms with Crippen molar-refractivity contribution in [3.8, 4) is 17.1 Å². The molecule has 0 bridgehead atoms. The molecular weight excluding hydrogens is 394 g/mol. The number of amides is 2. The standard InChI is InChI=1S/C23H23N5O3/c1-31-19-5-3-2-4-18(19)28-13-16(12-20(28)29)23(30)24-17-10-8-15(9-11-17)22-25-21(26-27-22)14-6-7-14/h2-5,8-11,14,16H,6-7,12-13H2,1H3,(H,24,30)(H,25,26,27). The van der Waals surface area contributed by atoms with E-state index in [0.717, 1.165) is 24.2 Å². The highest BCUT2D eigenvalue weighted by Gasteiger charge is 2.36. The Labute approximate surface area is 179 Å². The lowest BCUT2D eigenvalue weighted by atomic mass is 10.1. The zero-order chi connectivity index (χ0) is 21.4. The van der Waals surface area contributed by atoms with Gasteiger partial charge in [0.05, 0.1) is 18.7 Å². The van der Waals surface area contributed by atoms with Crippen LogP contribution < -0.4 is 15.0 Å². The number of carbonyl (C=O) groups is 2. The zero-order valence-electron chi connectivity index (χ0n) is 17.2. The maximum Gasteiger partial charge on any atom is 0.229 e. The minimum atomic E-state index is -0.425. The van der Waals surface area contributed by atoms with E-state index in [1.807, 2.05) is 42.5 Å². The number of nitrogens with one attached hydrogen (secondary N) is 2. The van der Waals surface area contributed by atoms with Gasteiger partial charge < -0.3 is 15.0 Å². The van der Waals surface area contributed by atoms with Crippen molar-refractivity contribution >= 4 is 23.2 Å². The summed E-state index contributed by atoms with van der Waals surface area (Å²) in [5.74, 6) is 2.05. The number of para-hydroxylation sites is 2. The van der Waals surface area contributed by atoms with Gasteiger partial charge in [-0.05, 0) is 49.2 Å². The predicted octanol–water partition coefficient (Wildman–Crippen LogP) is 3.35. The Morgan fingerprint density at radius 1 is 1.16 bits per heavy atom. The van der Waals surface area contributed by atoms with Crippen molar-refractivity contribution in [1.82, 2.24) is 15.2 Å². The first kappa shape index (κ1) is 19.3. The molecule has 1 saturated carbocycles. The molecule has 0 spiro atoms. The van der Waals surface area contributed by atoms with Gasteiger partial charge in [0.15, 0.2) is 5.82 Å². The molecule has 2 aromatic carbocycles. The van der Waals surface area contributed by atoms with Crippen LogP contribution in [0.5, 0.6) is 5.75 Å². The quantitative estimate of drug-likeness (QED) is 0.641. The van der Waals surface area contributed by atoms with Gasteiger partial charge >= 0.3 is 0 Å². The van der Waals surface area contributed by atoms with Gasteiger partial charge in [0.25, 0.3) is 0 Å². The highest BCUT2D eigenvalue weighted by atomic mass is 16.5. The van der Waals surface area contributed by atoms with E-state index in [-0.39, 0.29) is 18.2 Å². The van der Waals surface area contributed by atoms with Crippen LogP contribution in [0.1, 0.15) is 31.0 Å². The Bertz CT molecular complexity index is 1120. The fraction of sp³-hybridized carbons (Fsp3) is 0.304. The second-order valence-corrected chi connectivity index (χ2v) is 7.96. The van der Waals surface area contributed by atoms with Gasteiger partial charge in [-0.2, -0.15) is 5.10 Å². The third-order valence-corrected chi connectivity index (χ3v) is 5.75. The van der Waals surface area contributed by atoms with E-state index in [4.69, 9.17) is 4.74 Å². The number of nitrogens with zero attached hydrogens (tertiary/aromatic N) is 3. The number of methoxy groups -OCH3 is 1. The zero-order valence-corrected chi connectivity index (χ0v) is 17.2. The molecule has 2 amide bonds. The van der Waals surface area contributed by atoms with E-state index in [1.54, 1.807) is 18.1 Å². The summed E-state index contributed by atoms with van der Waals surface area (Å²) in [6.07, 6.45) is 2.50. The molecule has 2 fully saturated rings. The van der Waals surface area contributed by atoms with Crippen molar-refractivity contribution in [3.05, 3.63) is 54.4 Å². The molecule has 2 heterocycles. The first-order valence-corrected chi connectivity index (χ1v) is 10.4. The Hall–Kier alpha value is -3.68. The molecular formula is C23H23N5O3. The maximum absolute atomic E-state index is 12.8. The second-order valence-electron chi connectivity index (χ2n) is 7.96. The van der Waals surface area contributed by atoms with Crippen molar-refractivity contribution in [2.24, 2.45) is 5.92 Å². The summed E-state index contributed by atoms with van der Waals surface area (Å²) in [6, 6.07) is 14.8. The van der Waals surface area contributed by atoms with Crippen molar-refractivity contribution in [1.29, 1.82) is 0 Å². The summed E-state index contributed by atoms with van der Waals surface area (Å²) in [5.41, 5.74) is 2.25. The van der Waals surface area contributed by atoms with E-state index in [0.29, 0.717) is 35.4 Å². The van der Waals surface area contributed by atoms with Gasteiger partial charge in [0, 0.05) is 30.1 Å². The third kappa shape index (κ3) is 3.88. The number of carbonyl (C=O) groups excluding carboxylic acids is 2. The van der Waals surface area contributed by atoms with Crippen LogP contribution in [-0.4, -0.2) is 40.7 Å². The molecule has 1 atom stereocenters. The number of ether oxygens (including phenoxy) is 1. The summed E-state index contributed by atoms with van der Waals surface area (Å²) < 4.78 is 5.36. The largest absolute Gasteiger partial charge is 0.495 e. The summed E-state index contributed by atoms with van der Waals surface area (Å²) in [4.78, 5) is 31.5. The Kier molecular flexibility index (Phi) is 4.89. The Morgan fingerprint density at radius 2 is 1.94 bits per heavy atom. The highest BCUT2D eigenvalue weighted by molar-refractivity contribution is 6.04. The fourth-order valence-electron chi connectivity index (χ4n) is 3.86. The minimum Gasteiger partial charge on any atom is -0.495 e. The van der Waals surface area contributed by atoms with Gasteiger partial charge in [0.2, 0.25) is 11.8 Å². The van der Waals surface area contributed by atoms with Gasteiger partial charge in [-0.15, -0.1) is 0 Å². The molecule has 1 saturated heterocycles. The molecule has 2 aliphatic rings. The predicted molar refractivity (Wildman–Crippen MR) is 116 cm³/mol. The molecule has 5 rings (SSSR count).